The number of thiocarbonyl (C=S) groups is 1. The summed E-state index contributed by atoms with van der Waals surface area (Å²) >= 11 is 5.33. The van der Waals surface area contributed by atoms with E-state index < -0.39 is 0 Å². The number of piperidine rings is 1. The first kappa shape index (κ1) is 18.5. The van der Waals surface area contributed by atoms with Crippen LogP contribution in [0, 0.1) is 18.7 Å². The van der Waals surface area contributed by atoms with Crippen LogP contribution in [0.5, 0.6) is 0 Å². The predicted molar refractivity (Wildman–Crippen MR) is 107 cm³/mol. The predicted octanol–water partition coefficient (Wildman–Crippen LogP) is 3.65. The highest BCUT2D eigenvalue weighted by Crippen LogP contribution is 2.22. The van der Waals surface area contributed by atoms with Crippen LogP contribution in [0.2, 0.25) is 0 Å². The molecule has 1 aromatic carbocycles. The third-order valence-corrected chi connectivity index (χ3v) is 4.66. The average Bonchev–Trinajstić information content (AvgIpc) is 2.61. The minimum Gasteiger partial charge on any atom is -0.358 e. The number of benzene rings is 1. The number of rotatable bonds is 4. The maximum absolute atomic E-state index is 12.9. The molecule has 0 aliphatic carbocycles. The summed E-state index contributed by atoms with van der Waals surface area (Å²) in [6, 6.07) is 8.33. The topological polar surface area (TPSA) is 53.1 Å². The molecule has 1 aliphatic heterocycles. The zero-order valence-electron chi connectivity index (χ0n) is 15.1. The SMILES string of the molecule is Cc1cc(N2CCCC(C)C2)nc(NC(=S)NCc2ccc(F)cc2)n1. The Balaban J connectivity index is 1.61. The molecule has 1 aliphatic rings. The van der Waals surface area contributed by atoms with E-state index in [9.17, 15) is 4.39 Å². The first-order valence-electron chi connectivity index (χ1n) is 8.89. The molecule has 0 spiro atoms. The molecular formula is C19H24FN5S. The first-order chi connectivity index (χ1) is 12.5. The van der Waals surface area contributed by atoms with Gasteiger partial charge >= 0.3 is 0 Å². The van der Waals surface area contributed by atoms with Crippen LogP contribution in [0.4, 0.5) is 16.2 Å². The summed E-state index contributed by atoms with van der Waals surface area (Å²) < 4.78 is 12.9. The highest BCUT2D eigenvalue weighted by atomic mass is 32.1. The van der Waals surface area contributed by atoms with E-state index in [1.165, 1.54) is 25.0 Å². The van der Waals surface area contributed by atoms with Crippen LogP contribution in [0.15, 0.2) is 30.3 Å². The van der Waals surface area contributed by atoms with Crippen LogP contribution >= 0.6 is 12.2 Å². The summed E-state index contributed by atoms with van der Waals surface area (Å²) in [7, 11) is 0. The van der Waals surface area contributed by atoms with Crippen molar-refractivity contribution in [2.45, 2.75) is 33.2 Å². The summed E-state index contributed by atoms with van der Waals surface area (Å²) in [6.45, 7) is 6.78. The molecule has 1 aromatic heterocycles. The van der Waals surface area contributed by atoms with E-state index in [1.807, 2.05) is 13.0 Å². The van der Waals surface area contributed by atoms with E-state index in [2.05, 4.69) is 32.4 Å². The van der Waals surface area contributed by atoms with Gasteiger partial charge in [0.25, 0.3) is 0 Å². The van der Waals surface area contributed by atoms with Crippen molar-refractivity contribution in [1.82, 2.24) is 15.3 Å². The molecule has 138 valence electrons. The molecule has 3 rings (SSSR count). The van der Waals surface area contributed by atoms with E-state index >= 15 is 0 Å². The van der Waals surface area contributed by atoms with E-state index in [4.69, 9.17) is 12.2 Å². The van der Waals surface area contributed by atoms with Gasteiger partial charge in [0.05, 0.1) is 0 Å². The van der Waals surface area contributed by atoms with Gasteiger partial charge in [-0.05, 0) is 55.6 Å². The minimum absolute atomic E-state index is 0.248. The highest BCUT2D eigenvalue weighted by Gasteiger charge is 2.18. The lowest BCUT2D eigenvalue weighted by molar-refractivity contribution is 0.444. The number of anilines is 2. The first-order valence-corrected chi connectivity index (χ1v) is 9.30. The Labute approximate surface area is 159 Å². The van der Waals surface area contributed by atoms with E-state index in [0.717, 1.165) is 30.2 Å². The number of hydrogen-bond acceptors (Lipinski definition) is 4. The van der Waals surface area contributed by atoms with Gasteiger partial charge in [-0.15, -0.1) is 0 Å². The van der Waals surface area contributed by atoms with Crippen molar-refractivity contribution in [2.24, 2.45) is 5.92 Å². The minimum atomic E-state index is -0.248. The second kappa shape index (κ2) is 8.40. The lowest BCUT2D eigenvalue weighted by Crippen LogP contribution is -2.35. The fraction of sp³-hybridized carbons (Fsp3) is 0.421. The number of nitrogens with one attached hydrogen (secondary N) is 2. The van der Waals surface area contributed by atoms with Crippen LogP contribution in [-0.4, -0.2) is 28.2 Å². The van der Waals surface area contributed by atoms with Crippen molar-refractivity contribution in [3.63, 3.8) is 0 Å². The van der Waals surface area contributed by atoms with Crippen LogP contribution in [-0.2, 0) is 6.54 Å². The van der Waals surface area contributed by atoms with Gasteiger partial charge in [0.1, 0.15) is 11.6 Å². The second-order valence-corrected chi connectivity index (χ2v) is 7.23. The second-order valence-electron chi connectivity index (χ2n) is 6.82. The monoisotopic (exact) mass is 373 g/mol. The summed E-state index contributed by atoms with van der Waals surface area (Å²) in [5, 5.41) is 6.59. The molecule has 1 unspecified atom stereocenters. The van der Waals surface area contributed by atoms with Crippen molar-refractivity contribution >= 4 is 29.1 Å². The smallest absolute Gasteiger partial charge is 0.231 e. The fourth-order valence-corrected chi connectivity index (χ4v) is 3.26. The van der Waals surface area contributed by atoms with Gasteiger partial charge in [0.2, 0.25) is 5.95 Å². The molecule has 1 atom stereocenters. The molecule has 26 heavy (non-hydrogen) atoms. The number of halogens is 1. The van der Waals surface area contributed by atoms with Gasteiger partial charge < -0.3 is 15.5 Å². The number of aromatic nitrogens is 2. The standard InChI is InChI=1S/C19H24FN5S/c1-13-4-3-9-25(12-13)17-10-14(2)22-18(23-17)24-19(26)21-11-15-5-7-16(20)8-6-15/h5-8,10,13H,3-4,9,11-12H2,1-2H3,(H2,21,22,23,24,26). The van der Waals surface area contributed by atoms with Crippen molar-refractivity contribution in [1.29, 1.82) is 0 Å². The Kier molecular flexibility index (Phi) is 5.98. The van der Waals surface area contributed by atoms with E-state index in [-0.39, 0.29) is 5.82 Å². The Morgan fingerprint density at radius 2 is 2.08 bits per heavy atom. The molecule has 0 amide bonds. The van der Waals surface area contributed by atoms with Crippen molar-refractivity contribution in [2.75, 3.05) is 23.3 Å². The average molecular weight is 374 g/mol. The van der Waals surface area contributed by atoms with Gasteiger partial charge in [-0.1, -0.05) is 19.1 Å². The lowest BCUT2D eigenvalue weighted by Gasteiger charge is -2.32. The highest BCUT2D eigenvalue weighted by molar-refractivity contribution is 7.80. The number of hydrogen-bond donors (Lipinski definition) is 2. The van der Waals surface area contributed by atoms with Crippen LogP contribution < -0.4 is 15.5 Å². The van der Waals surface area contributed by atoms with E-state index in [0.29, 0.717) is 23.5 Å². The molecule has 7 heteroatoms. The molecule has 0 saturated carbocycles. The number of aryl methyl sites for hydroxylation is 1. The molecule has 5 nitrogen and oxygen atoms in total. The molecule has 2 N–H and O–H groups in total. The molecule has 2 heterocycles. The van der Waals surface area contributed by atoms with Crippen LogP contribution in [0.3, 0.4) is 0 Å². The fourth-order valence-electron chi connectivity index (χ4n) is 3.10. The maximum Gasteiger partial charge on any atom is 0.231 e. The molecule has 2 aromatic rings. The third kappa shape index (κ3) is 5.11. The van der Waals surface area contributed by atoms with Crippen LogP contribution in [0.1, 0.15) is 31.0 Å². The summed E-state index contributed by atoms with van der Waals surface area (Å²) in [5.41, 5.74) is 1.85. The van der Waals surface area contributed by atoms with Crippen molar-refractivity contribution in [3.05, 3.63) is 47.4 Å². The zero-order valence-corrected chi connectivity index (χ0v) is 15.9. The Hall–Kier alpha value is -2.28. The summed E-state index contributed by atoms with van der Waals surface area (Å²) in [4.78, 5) is 11.4. The van der Waals surface area contributed by atoms with Crippen LogP contribution in [0.25, 0.3) is 0 Å². The van der Waals surface area contributed by atoms with E-state index in [1.54, 1.807) is 12.1 Å². The van der Waals surface area contributed by atoms with Gasteiger partial charge in [-0.2, -0.15) is 4.98 Å². The third-order valence-electron chi connectivity index (χ3n) is 4.41. The molecule has 0 radical (unpaired) electrons. The molecular weight excluding hydrogens is 349 g/mol. The quantitative estimate of drug-likeness (QED) is 0.798. The molecule has 1 fully saturated rings. The molecule has 0 bridgehead atoms. The molecule has 1 saturated heterocycles. The van der Waals surface area contributed by atoms with Gasteiger partial charge in [0.15, 0.2) is 5.11 Å². The largest absolute Gasteiger partial charge is 0.358 e. The lowest BCUT2D eigenvalue weighted by atomic mass is 10.0. The number of nitrogens with zero attached hydrogens (tertiary/aromatic N) is 3. The zero-order chi connectivity index (χ0) is 18.5. The van der Waals surface area contributed by atoms with Gasteiger partial charge in [0, 0.05) is 31.4 Å². The summed E-state index contributed by atoms with van der Waals surface area (Å²) in [6.07, 6.45) is 2.45. The van der Waals surface area contributed by atoms with Crippen molar-refractivity contribution in [3.8, 4) is 0 Å². The maximum atomic E-state index is 12.9. The van der Waals surface area contributed by atoms with Crippen molar-refractivity contribution < 1.29 is 4.39 Å². The Morgan fingerprint density at radius 3 is 2.81 bits per heavy atom. The Morgan fingerprint density at radius 1 is 1.31 bits per heavy atom. The Bertz CT molecular complexity index is 765. The summed E-state index contributed by atoms with van der Waals surface area (Å²) in [5.74, 6) is 1.86. The van der Waals surface area contributed by atoms with Gasteiger partial charge in [-0.3, -0.25) is 0 Å². The normalized spacial score (nSPS) is 17.0. The van der Waals surface area contributed by atoms with Gasteiger partial charge in [-0.25, -0.2) is 9.37 Å².